The van der Waals surface area contributed by atoms with Crippen molar-refractivity contribution in [1.29, 1.82) is 0 Å². The Bertz CT molecular complexity index is 326. The van der Waals surface area contributed by atoms with E-state index in [-0.39, 0.29) is 6.61 Å². The van der Waals surface area contributed by atoms with E-state index in [0.29, 0.717) is 5.02 Å². The molecule has 1 rings (SSSR count). The van der Waals surface area contributed by atoms with Crippen LogP contribution in [0.5, 0.6) is 0 Å². The molecule has 1 atom stereocenters. The van der Waals surface area contributed by atoms with Crippen LogP contribution in [0.2, 0.25) is 5.02 Å². The SMILES string of the molecule is CC(N)C(=O)OCc1ccccc1Cl. The molecule has 0 bridgehead atoms. The molecule has 14 heavy (non-hydrogen) atoms. The molecule has 1 aromatic carbocycles. The van der Waals surface area contributed by atoms with E-state index in [1.165, 1.54) is 0 Å². The maximum Gasteiger partial charge on any atom is 0.322 e. The van der Waals surface area contributed by atoms with Crippen LogP contribution in [0.4, 0.5) is 0 Å². The number of halogens is 1. The van der Waals surface area contributed by atoms with Crippen molar-refractivity contribution in [3.63, 3.8) is 0 Å². The molecular weight excluding hydrogens is 202 g/mol. The first-order valence-corrected chi connectivity index (χ1v) is 4.64. The van der Waals surface area contributed by atoms with E-state index in [1.807, 2.05) is 12.1 Å². The molecule has 0 heterocycles. The van der Waals surface area contributed by atoms with Gasteiger partial charge in [0.1, 0.15) is 12.6 Å². The fourth-order valence-corrected chi connectivity index (χ4v) is 1.09. The van der Waals surface area contributed by atoms with Gasteiger partial charge in [-0.2, -0.15) is 0 Å². The quantitative estimate of drug-likeness (QED) is 0.778. The lowest BCUT2D eigenvalue weighted by Crippen LogP contribution is -2.28. The zero-order valence-corrected chi connectivity index (χ0v) is 8.62. The Balaban J connectivity index is 2.54. The maximum absolute atomic E-state index is 11.0. The monoisotopic (exact) mass is 213 g/mol. The van der Waals surface area contributed by atoms with E-state index in [1.54, 1.807) is 19.1 Å². The third-order valence-corrected chi connectivity index (χ3v) is 2.07. The summed E-state index contributed by atoms with van der Waals surface area (Å²) in [6.07, 6.45) is 0. The fourth-order valence-electron chi connectivity index (χ4n) is 0.896. The lowest BCUT2D eigenvalue weighted by Gasteiger charge is -2.07. The second-order valence-corrected chi connectivity index (χ2v) is 3.39. The Hall–Kier alpha value is -1.06. The zero-order valence-electron chi connectivity index (χ0n) is 7.87. The molecular formula is C10H12ClNO2. The van der Waals surface area contributed by atoms with E-state index in [9.17, 15) is 4.79 Å². The van der Waals surface area contributed by atoms with Gasteiger partial charge in [-0.05, 0) is 13.0 Å². The van der Waals surface area contributed by atoms with Crippen molar-refractivity contribution < 1.29 is 9.53 Å². The summed E-state index contributed by atoms with van der Waals surface area (Å²) in [6, 6.07) is 6.60. The van der Waals surface area contributed by atoms with Gasteiger partial charge in [-0.1, -0.05) is 29.8 Å². The van der Waals surface area contributed by atoms with E-state index in [2.05, 4.69) is 0 Å². The Kier molecular flexibility index (Phi) is 3.92. The highest BCUT2D eigenvalue weighted by molar-refractivity contribution is 6.31. The Labute approximate surface area is 87.8 Å². The van der Waals surface area contributed by atoms with E-state index in [0.717, 1.165) is 5.56 Å². The molecule has 0 aliphatic rings. The van der Waals surface area contributed by atoms with Gasteiger partial charge in [0, 0.05) is 10.6 Å². The molecule has 1 aromatic rings. The van der Waals surface area contributed by atoms with Crippen LogP contribution in [0.15, 0.2) is 24.3 Å². The van der Waals surface area contributed by atoms with Crippen LogP contribution in [0.3, 0.4) is 0 Å². The molecule has 0 aliphatic carbocycles. The minimum absolute atomic E-state index is 0.167. The molecule has 4 heteroatoms. The van der Waals surface area contributed by atoms with Gasteiger partial charge in [-0.3, -0.25) is 4.79 Å². The lowest BCUT2D eigenvalue weighted by atomic mass is 10.2. The molecule has 0 aromatic heterocycles. The third-order valence-electron chi connectivity index (χ3n) is 1.70. The smallest absolute Gasteiger partial charge is 0.322 e. The average Bonchev–Trinajstić information content (AvgIpc) is 2.16. The summed E-state index contributed by atoms with van der Waals surface area (Å²) in [5.41, 5.74) is 6.11. The van der Waals surface area contributed by atoms with Gasteiger partial charge in [0.05, 0.1) is 0 Å². The number of esters is 1. The summed E-state index contributed by atoms with van der Waals surface area (Å²) in [5.74, 6) is -0.426. The largest absolute Gasteiger partial charge is 0.460 e. The molecule has 0 amide bonds. The molecule has 0 radical (unpaired) electrons. The summed E-state index contributed by atoms with van der Waals surface area (Å²) in [4.78, 5) is 11.0. The minimum atomic E-state index is -0.600. The second-order valence-electron chi connectivity index (χ2n) is 2.99. The number of hydrogen-bond acceptors (Lipinski definition) is 3. The highest BCUT2D eigenvalue weighted by Crippen LogP contribution is 2.15. The third kappa shape index (κ3) is 3.01. The van der Waals surface area contributed by atoms with Crippen LogP contribution in [0.1, 0.15) is 12.5 Å². The predicted octanol–water partition coefficient (Wildman–Crippen LogP) is 1.73. The zero-order chi connectivity index (χ0) is 10.6. The van der Waals surface area contributed by atoms with Gasteiger partial charge in [-0.15, -0.1) is 0 Å². The van der Waals surface area contributed by atoms with Crippen LogP contribution in [0, 0.1) is 0 Å². The van der Waals surface area contributed by atoms with Crippen molar-refractivity contribution in [2.24, 2.45) is 5.73 Å². The fraction of sp³-hybridized carbons (Fsp3) is 0.300. The number of carbonyl (C=O) groups excluding carboxylic acids is 1. The van der Waals surface area contributed by atoms with Gasteiger partial charge in [0.25, 0.3) is 0 Å². The average molecular weight is 214 g/mol. The number of nitrogens with two attached hydrogens (primary N) is 1. The number of rotatable bonds is 3. The summed E-state index contributed by atoms with van der Waals surface area (Å²) >= 11 is 5.86. The van der Waals surface area contributed by atoms with Gasteiger partial charge >= 0.3 is 5.97 Å². The van der Waals surface area contributed by atoms with Crippen molar-refractivity contribution in [1.82, 2.24) is 0 Å². The number of ether oxygens (including phenoxy) is 1. The van der Waals surface area contributed by atoms with Crippen LogP contribution in [0.25, 0.3) is 0 Å². The van der Waals surface area contributed by atoms with E-state index < -0.39 is 12.0 Å². The molecule has 1 unspecified atom stereocenters. The van der Waals surface area contributed by atoms with Gasteiger partial charge in [0.15, 0.2) is 0 Å². The Morgan fingerprint density at radius 2 is 2.21 bits per heavy atom. The van der Waals surface area contributed by atoms with E-state index in [4.69, 9.17) is 22.1 Å². The summed E-state index contributed by atoms with van der Waals surface area (Å²) in [7, 11) is 0. The topological polar surface area (TPSA) is 52.3 Å². The van der Waals surface area contributed by atoms with Crippen molar-refractivity contribution in [2.45, 2.75) is 19.6 Å². The Morgan fingerprint density at radius 3 is 2.79 bits per heavy atom. The molecule has 76 valence electrons. The molecule has 0 spiro atoms. The number of hydrogen-bond donors (Lipinski definition) is 1. The first-order chi connectivity index (χ1) is 6.61. The van der Waals surface area contributed by atoms with Crippen LogP contribution in [-0.2, 0) is 16.1 Å². The molecule has 0 aliphatic heterocycles. The highest BCUT2D eigenvalue weighted by Gasteiger charge is 2.09. The van der Waals surface area contributed by atoms with Crippen LogP contribution in [-0.4, -0.2) is 12.0 Å². The maximum atomic E-state index is 11.0. The predicted molar refractivity (Wildman–Crippen MR) is 54.9 cm³/mol. The van der Waals surface area contributed by atoms with Gasteiger partial charge < -0.3 is 10.5 Å². The summed E-state index contributed by atoms with van der Waals surface area (Å²) in [5, 5.41) is 0.588. The number of carbonyl (C=O) groups is 1. The highest BCUT2D eigenvalue weighted by atomic mass is 35.5. The van der Waals surface area contributed by atoms with Crippen molar-refractivity contribution in [2.75, 3.05) is 0 Å². The molecule has 0 fully saturated rings. The van der Waals surface area contributed by atoms with E-state index >= 15 is 0 Å². The lowest BCUT2D eigenvalue weighted by molar-refractivity contribution is -0.146. The van der Waals surface area contributed by atoms with Gasteiger partial charge in [-0.25, -0.2) is 0 Å². The molecule has 0 saturated heterocycles. The molecule has 0 saturated carbocycles. The van der Waals surface area contributed by atoms with Crippen molar-refractivity contribution in [3.05, 3.63) is 34.9 Å². The molecule has 2 N–H and O–H groups in total. The molecule has 3 nitrogen and oxygen atoms in total. The van der Waals surface area contributed by atoms with Crippen molar-refractivity contribution >= 4 is 17.6 Å². The first kappa shape index (κ1) is 11.0. The summed E-state index contributed by atoms with van der Waals surface area (Å²) in [6.45, 7) is 1.75. The normalized spacial score (nSPS) is 12.2. The van der Waals surface area contributed by atoms with Crippen LogP contribution >= 0.6 is 11.6 Å². The van der Waals surface area contributed by atoms with Crippen molar-refractivity contribution in [3.8, 4) is 0 Å². The first-order valence-electron chi connectivity index (χ1n) is 4.27. The van der Waals surface area contributed by atoms with Gasteiger partial charge in [0.2, 0.25) is 0 Å². The summed E-state index contributed by atoms with van der Waals surface area (Å²) < 4.78 is 4.92. The minimum Gasteiger partial charge on any atom is -0.460 e. The number of benzene rings is 1. The second kappa shape index (κ2) is 4.98. The standard InChI is InChI=1S/C10H12ClNO2/c1-7(12)10(13)14-6-8-4-2-3-5-9(8)11/h2-5,7H,6,12H2,1H3. The Morgan fingerprint density at radius 1 is 1.57 bits per heavy atom. The van der Waals surface area contributed by atoms with Crippen LogP contribution < -0.4 is 5.73 Å².